The fraction of sp³-hybridized carbons (Fsp3) is 0.257. The van der Waals surface area contributed by atoms with E-state index in [0.29, 0.717) is 0 Å². The van der Waals surface area contributed by atoms with E-state index in [9.17, 15) is 27.9 Å². The third-order valence-electron chi connectivity index (χ3n) is 8.89. The molecular weight excluding hydrogens is 698 g/mol. The van der Waals surface area contributed by atoms with Crippen molar-refractivity contribution in [3.05, 3.63) is 104 Å². The lowest BCUT2D eigenvalue weighted by atomic mass is 9.80. The number of hydrogen-bond acceptors (Lipinski definition) is 8. The molecule has 0 bridgehead atoms. The number of hydrogen-bond donors (Lipinski definition) is 4. The van der Waals surface area contributed by atoms with Crippen LogP contribution in [0.15, 0.2) is 59.6 Å². The van der Waals surface area contributed by atoms with Crippen molar-refractivity contribution in [2.75, 3.05) is 26.0 Å². The van der Waals surface area contributed by atoms with Crippen LogP contribution in [0, 0.1) is 11.6 Å². The van der Waals surface area contributed by atoms with Gasteiger partial charge in [0.15, 0.2) is 5.79 Å². The number of nitrogens with zero attached hydrogens (tertiary/aromatic N) is 2. The summed E-state index contributed by atoms with van der Waals surface area (Å²) in [5.41, 5.74) is 8.70. The zero-order valence-electron chi connectivity index (χ0n) is 26.6. The smallest absolute Gasteiger partial charge is 0.251 e. The molecule has 2 aliphatic rings. The number of anilines is 1. The van der Waals surface area contributed by atoms with Crippen LogP contribution in [0.2, 0.25) is 10.0 Å². The molecule has 0 spiro atoms. The number of ether oxygens (including phenoxy) is 2. The minimum atomic E-state index is -2.28. The monoisotopic (exact) mass is 727 g/mol. The number of aliphatic imine (C=N–C) groups is 1. The predicted octanol–water partition coefficient (Wildman–Crippen LogP) is 5.60. The molecular formula is C35H30Cl2F3N5O5. The first-order chi connectivity index (χ1) is 23.6. The van der Waals surface area contributed by atoms with Crippen LogP contribution >= 0.6 is 23.2 Å². The lowest BCUT2D eigenvalue weighted by molar-refractivity contribution is -0.123. The van der Waals surface area contributed by atoms with Crippen molar-refractivity contribution >= 4 is 46.9 Å². The fourth-order valence-electron chi connectivity index (χ4n) is 5.56. The van der Waals surface area contributed by atoms with Crippen LogP contribution in [0.25, 0.3) is 11.3 Å². The summed E-state index contributed by atoms with van der Waals surface area (Å²) >= 11 is 12.6. The van der Waals surface area contributed by atoms with Crippen LogP contribution in [-0.2, 0) is 15.8 Å². The number of fused-ring (bicyclic) bond motifs is 1. The molecule has 1 aromatic heterocycles. The number of rotatable bonds is 10. The topological polar surface area (TPSA) is 162 Å². The first-order valence-corrected chi connectivity index (χ1v) is 16.0. The summed E-state index contributed by atoms with van der Waals surface area (Å²) < 4.78 is 54.5. The number of pyridine rings is 1. The molecule has 50 heavy (non-hydrogen) atoms. The third-order valence-corrected chi connectivity index (χ3v) is 9.75. The van der Waals surface area contributed by atoms with E-state index in [0.717, 1.165) is 18.2 Å². The van der Waals surface area contributed by atoms with Crippen molar-refractivity contribution in [1.29, 1.82) is 0 Å². The Hall–Kier alpha value is -4.85. The van der Waals surface area contributed by atoms with Gasteiger partial charge in [-0.2, -0.15) is 0 Å². The molecule has 1 saturated carbocycles. The van der Waals surface area contributed by atoms with Crippen LogP contribution in [-0.4, -0.2) is 54.2 Å². The van der Waals surface area contributed by atoms with Crippen molar-refractivity contribution in [1.82, 2.24) is 10.3 Å². The number of halogens is 5. The van der Waals surface area contributed by atoms with E-state index in [1.165, 1.54) is 56.6 Å². The van der Waals surface area contributed by atoms with Gasteiger partial charge in [-0.1, -0.05) is 35.3 Å². The van der Waals surface area contributed by atoms with Gasteiger partial charge in [0.05, 0.1) is 35.1 Å². The molecule has 15 heteroatoms. The van der Waals surface area contributed by atoms with Crippen LogP contribution < -0.4 is 26.3 Å². The van der Waals surface area contributed by atoms with Gasteiger partial charge in [0, 0.05) is 41.3 Å². The molecule has 260 valence electrons. The highest BCUT2D eigenvalue weighted by molar-refractivity contribution is 6.43. The summed E-state index contributed by atoms with van der Waals surface area (Å²) in [6, 6.07) is 11.5. The second-order valence-corrected chi connectivity index (χ2v) is 13.1. The average Bonchev–Trinajstić information content (AvgIpc) is 3.73. The number of carbonyl (C=O) groups is 2. The lowest BCUT2D eigenvalue weighted by Gasteiger charge is -2.30. The largest absolute Gasteiger partial charge is 0.495 e. The first kappa shape index (κ1) is 35.0. The molecule has 6 N–H and O–H groups in total. The highest BCUT2D eigenvalue weighted by Gasteiger charge is 2.46. The predicted molar refractivity (Wildman–Crippen MR) is 181 cm³/mol. The molecule has 1 fully saturated rings. The van der Waals surface area contributed by atoms with E-state index < -0.39 is 51.8 Å². The Morgan fingerprint density at radius 1 is 1.16 bits per heavy atom. The number of methoxy groups -OCH3 is 1. The Morgan fingerprint density at radius 3 is 2.56 bits per heavy atom. The molecule has 2 amide bonds. The Kier molecular flexibility index (Phi) is 8.96. The molecule has 1 aliphatic heterocycles. The SMILES string of the molecule is COc1cc(C(=O)NC[C@@](O)(c2cccc(F)c2)c2cc3c(c(-c4ccc(F)c(Cl)c4Cl)n2)OC[C@]3(C)C(N)=O)cc(/C=N/C2(F)CC2)c1N. The highest BCUT2D eigenvalue weighted by atomic mass is 35.5. The Labute approximate surface area is 294 Å². The summed E-state index contributed by atoms with van der Waals surface area (Å²) in [5.74, 6) is -4.48. The van der Waals surface area contributed by atoms with Crippen LogP contribution in [0.4, 0.5) is 18.9 Å². The normalized spacial score (nSPS) is 18.6. The van der Waals surface area contributed by atoms with E-state index in [2.05, 4.69) is 15.3 Å². The van der Waals surface area contributed by atoms with Gasteiger partial charge in [-0.3, -0.25) is 14.6 Å². The minimum absolute atomic E-state index is 0.0211. The third kappa shape index (κ3) is 6.21. The first-order valence-electron chi connectivity index (χ1n) is 15.2. The maximum atomic E-state index is 14.7. The number of nitrogens with two attached hydrogens (primary N) is 2. The minimum Gasteiger partial charge on any atom is -0.495 e. The van der Waals surface area contributed by atoms with E-state index in [1.807, 2.05) is 0 Å². The maximum Gasteiger partial charge on any atom is 0.251 e. The molecule has 6 rings (SSSR count). The van der Waals surface area contributed by atoms with E-state index in [-0.39, 0.29) is 80.9 Å². The van der Waals surface area contributed by atoms with Gasteiger partial charge in [-0.15, -0.1) is 0 Å². The summed E-state index contributed by atoms with van der Waals surface area (Å²) in [6.45, 7) is 0.724. The van der Waals surface area contributed by atoms with Crippen molar-refractivity contribution in [2.24, 2.45) is 10.7 Å². The number of benzene rings is 3. The summed E-state index contributed by atoms with van der Waals surface area (Å²) in [4.78, 5) is 35.0. The Morgan fingerprint density at radius 2 is 1.90 bits per heavy atom. The second kappa shape index (κ2) is 12.8. The number of nitrogens with one attached hydrogen (secondary N) is 1. The van der Waals surface area contributed by atoms with Gasteiger partial charge in [0.2, 0.25) is 5.91 Å². The summed E-state index contributed by atoms with van der Waals surface area (Å²) in [6.07, 6.45) is 1.76. The number of aromatic nitrogens is 1. The standard InChI is InChI=1S/C35H30Cl2F3N5O5/c1-33(32(42)47)16-50-30-22(33)13-25(45-29(30)21-6-7-23(39)27(37)26(21)36)35(48,19-4-3-5-20(38)12-19)15-43-31(46)17-10-18(14-44-34(40)8-9-34)28(41)24(11-17)49-2/h3-7,10-14,48H,8-9,15-16,41H2,1-2H3,(H2,42,47)(H,43,46)/b44-14+/t33-,35+/m0/s1. The van der Waals surface area contributed by atoms with Crippen LogP contribution in [0.1, 0.15) is 52.5 Å². The molecule has 10 nitrogen and oxygen atoms in total. The second-order valence-electron chi connectivity index (χ2n) is 12.4. The van der Waals surface area contributed by atoms with Gasteiger partial charge in [0.25, 0.3) is 5.91 Å². The van der Waals surface area contributed by atoms with Gasteiger partial charge < -0.3 is 31.4 Å². The zero-order valence-corrected chi connectivity index (χ0v) is 28.1. The highest BCUT2D eigenvalue weighted by Crippen LogP contribution is 2.48. The Balaban J connectivity index is 1.48. The van der Waals surface area contributed by atoms with Gasteiger partial charge in [-0.25, -0.2) is 18.2 Å². The van der Waals surface area contributed by atoms with Crippen LogP contribution in [0.3, 0.4) is 0 Å². The van der Waals surface area contributed by atoms with Crippen molar-refractivity contribution < 1.29 is 37.3 Å². The summed E-state index contributed by atoms with van der Waals surface area (Å²) in [5, 5.41) is 14.5. The molecule has 0 radical (unpaired) electrons. The number of aliphatic hydroxyl groups is 1. The number of amides is 2. The fourth-order valence-corrected chi connectivity index (χ4v) is 5.97. The summed E-state index contributed by atoms with van der Waals surface area (Å²) in [7, 11) is 1.34. The number of carbonyl (C=O) groups excluding carboxylic acids is 2. The van der Waals surface area contributed by atoms with Gasteiger partial charge in [0.1, 0.15) is 46.5 Å². The van der Waals surface area contributed by atoms with E-state index in [4.69, 9.17) is 44.1 Å². The van der Waals surface area contributed by atoms with Gasteiger partial charge >= 0.3 is 0 Å². The molecule has 0 saturated heterocycles. The lowest BCUT2D eigenvalue weighted by Crippen LogP contribution is -2.43. The Bertz CT molecular complexity index is 2100. The molecule has 0 unspecified atom stereocenters. The van der Waals surface area contributed by atoms with Gasteiger partial charge in [-0.05, 0) is 55.0 Å². The zero-order chi connectivity index (χ0) is 36.2. The van der Waals surface area contributed by atoms with Crippen molar-refractivity contribution in [3.63, 3.8) is 0 Å². The quantitative estimate of drug-likeness (QED) is 0.0715. The van der Waals surface area contributed by atoms with E-state index >= 15 is 0 Å². The molecule has 2 atom stereocenters. The average molecular weight is 729 g/mol. The maximum absolute atomic E-state index is 14.7. The van der Waals surface area contributed by atoms with E-state index in [1.54, 1.807) is 0 Å². The molecule has 4 aromatic rings. The molecule has 1 aliphatic carbocycles. The van der Waals surface area contributed by atoms with Crippen molar-refractivity contribution in [2.45, 2.75) is 36.6 Å². The number of nitrogen functional groups attached to an aromatic ring is 1. The number of alkyl halides is 1. The van der Waals surface area contributed by atoms with Crippen molar-refractivity contribution in [3.8, 4) is 22.8 Å². The van der Waals surface area contributed by atoms with Crippen LogP contribution in [0.5, 0.6) is 11.5 Å². The number of primary amides is 1. The molecule has 3 aromatic carbocycles. The molecule has 2 heterocycles.